The minimum absolute atomic E-state index is 0.258. The largest absolute Gasteiger partial charge is 0.348 e. The first-order valence-corrected chi connectivity index (χ1v) is 11.4. The van der Waals surface area contributed by atoms with Crippen molar-refractivity contribution in [2.75, 3.05) is 6.54 Å². The van der Waals surface area contributed by atoms with Gasteiger partial charge in [0, 0.05) is 10.4 Å². The van der Waals surface area contributed by atoms with E-state index in [0.29, 0.717) is 6.42 Å². The van der Waals surface area contributed by atoms with Gasteiger partial charge in [-0.15, -0.1) is 11.3 Å². The number of carbonyl (C=O) groups is 3. The highest BCUT2D eigenvalue weighted by Crippen LogP contribution is 2.42. The van der Waals surface area contributed by atoms with E-state index in [1.54, 1.807) is 11.3 Å². The second kappa shape index (κ2) is 7.50. The molecule has 2 N–H and O–H groups in total. The van der Waals surface area contributed by atoms with E-state index in [1.807, 2.05) is 60.8 Å². The van der Waals surface area contributed by atoms with E-state index in [2.05, 4.69) is 10.6 Å². The first-order chi connectivity index (χ1) is 15.0. The molecule has 1 fully saturated rings. The molecule has 2 aromatic carbocycles. The Hall–Kier alpha value is -3.19. The fourth-order valence-electron chi connectivity index (χ4n) is 4.82. The molecule has 0 radical (unpaired) electrons. The van der Waals surface area contributed by atoms with Crippen molar-refractivity contribution in [2.45, 2.75) is 37.8 Å². The van der Waals surface area contributed by atoms with E-state index < -0.39 is 11.6 Å². The molecule has 3 aromatic rings. The Labute approximate surface area is 184 Å². The lowest BCUT2D eigenvalue weighted by Gasteiger charge is -2.31. The summed E-state index contributed by atoms with van der Waals surface area (Å²) in [5.74, 6) is -0.688. The van der Waals surface area contributed by atoms with Gasteiger partial charge in [0.2, 0.25) is 5.91 Å². The SMILES string of the molecule is CC(NC(=O)CN1C(=O)NC2(CCCc3sccc32)C1=O)c1cccc2ccccc12. The van der Waals surface area contributed by atoms with Crippen LogP contribution in [0.1, 0.15) is 41.8 Å². The van der Waals surface area contributed by atoms with Crippen LogP contribution in [0.4, 0.5) is 4.79 Å². The minimum atomic E-state index is -1.02. The molecule has 6 nitrogen and oxygen atoms in total. The molecule has 5 rings (SSSR count). The number of hydrogen-bond acceptors (Lipinski definition) is 4. The summed E-state index contributed by atoms with van der Waals surface area (Å²) < 4.78 is 0. The van der Waals surface area contributed by atoms with Gasteiger partial charge in [-0.1, -0.05) is 42.5 Å². The lowest BCUT2D eigenvalue weighted by molar-refractivity contribution is -0.135. The first-order valence-electron chi connectivity index (χ1n) is 10.5. The monoisotopic (exact) mass is 433 g/mol. The zero-order chi connectivity index (χ0) is 21.6. The zero-order valence-corrected chi connectivity index (χ0v) is 18.0. The lowest BCUT2D eigenvalue weighted by atomic mass is 9.80. The van der Waals surface area contributed by atoms with Gasteiger partial charge in [0.25, 0.3) is 5.91 Å². The molecule has 1 aromatic heterocycles. The van der Waals surface area contributed by atoms with Gasteiger partial charge in [-0.25, -0.2) is 4.79 Å². The summed E-state index contributed by atoms with van der Waals surface area (Å²) >= 11 is 1.61. The average Bonchev–Trinajstić information content (AvgIpc) is 3.34. The van der Waals surface area contributed by atoms with E-state index in [0.717, 1.165) is 44.5 Å². The van der Waals surface area contributed by atoms with E-state index in [-0.39, 0.29) is 24.4 Å². The number of imide groups is 1. The Kier molecular flexibility index (Phi) is 4.78. The Balaban J connectivity index is 1.33. The van der Waals surface area contributed by atoms with Crippen molar-refractivity contribution in [3.63, 3.8) is 0 Å². The number of fused-ring (bicyclic) bond motifs is 3. The van der Waals surface area contributed by atoms with Crippen molar-refractivity contribution in [3.8, 4) is 0 Å². The molecular formula is C24H23N3O3S. The number of aryl methyl sites for hydroxylation is 1. The molecule has 0 bridgehead atoms. The highest BCUT2D eigenvalue weighted by Gasteiger charge is 2.54. The number of thiophene rings is 1. The topological polar surface area (TPSA) is 78.5 Å². The molecule has 31 heavy (non-hydrogen) atoms. The third-order valence-corrected chi connectivity index (χ3v) is 7.29. The number of carbonyl (C=O) groups excluding carboxylic acids is 3. The van der Waals surface area contributed by atoms with Crippen molar-refractivity contribution in [3.05, 3.63) is 69.9 Å². The Bertz CT molecular complexity index is 1200. The molecule has 1 saturated heterocycles. The van der Waals surface area contributed by atoms with Gasteiger partial charge in [-0.05, 0) is 54.0 Å². The summed E-state index contributed by atoms with van der Waals surface area (Å²) in [6, 6.07) is 15.1. The van der Waals surface area contributed by atoms with E-state index in [4.69, 9.17) is 0 Å². The van der Waals surface area contributed by atoms with Crippen molar-refractivity contribution >= 4 is 40.0 Å². The van der Waals surface area contributed by atoms with Crippen LogP contribution in [-0.4, -0.2) is 29.3 Å². The predicted molar refractivity (Wildman–Crippen MR) is 120 cm³/mol. The number of benzene rings is 2. The molecule has 2 unspecified atom stereocenters. The molecule has 4 amide bonds. The third-order valence-electron chi connectivity index (χ3n) is 6.31. The number of amides is 4. The Morgan fingerprint density at radius 3 is 2.87 bits per heavy atom. The molecule has 2 heterocycles. The second-order valence-corrected chi connectivity index (χ2v) is 9.20. The van der Waals surface area contributed by atoms with E-state index >= 15 is 0 Å². The fourth-order valence-corrected chi connectivity index (χ4v) is 5.82. The predicted octanol–water partition coefficient (Wildman–Crippen LogP) is 3.86. The normalized spacial score (nSPS) is 21.3. The number of urea groups is 1. The maximum absolute atomic E-state index is 13.3. The van der Waals surface area contributed by atoms with Gasteiger partial charge >= 0.3 is 6.03 Å². The maximum atomic E-state index is 13.3. The summed E-state index contributed by atoms with van der Waals surface area (Å²) in [7, 11) is 0. The average molecular weight is 434 g/mol. The summed E-state index contributed by atoms with van der Waals surface area (Å²) in [5, 5.41) is 9.96. The summed E-state index contributed by atoms with van der Waals surface area (Å²) in [6.45, 7) is 1.62. The van der Waals surface area contributed by atoms with Gasteiger partial charge in [0.15, 0.2) is 0 Å². The highest BCUT2D eigenvalue weighted by molar-refractivity contribution is 7.10. The standard InChI is InChI=1S/C24H23N3O3S/c1-15(17-9-4-7-16-6-2-3-8-18(16)17)25-21(28)14-27-22(29)24(26-23(27)30)12-5-10-20-19(24)11-13-31-20/h2-4,6-9,11,13,15H,5,10,12,14H2,1H3,(H,25,28)(H,26,30). The smallest absolute Gasteiger partial charge is 0.325 e. The quantitative estimate of drug-likeness (QED) is 0.613. The van der Waals surface area contributed by atoms with Crippen LogP contribution in [-0.2, 0) is 21.5 Å². The van der Waals surface area contributed by atoms with Crippen LogP contribution >= 0.6 is 11.3 Å². The molecule has 0 saturated carbocycles. The minimum Gasteiger partial charge on any atom is -0.348 e. The van der Waals surface area contributed by atoms with Crippen LogP contribution in [0, 0.1) is 0 Å². The molecule has 1 aliphatic carbocycles. The molecule has 1 aliphatic heterocycles. The number of nitrogens with one attached hydrogen (secondary N) is 2. The molecule has 2 atom stereocenters. The van der Waals surface area contributed by atoms with Crippen molar-refractivity contribution in [1.82, 2.24) is 15.5 Å². The van der Waals surface area contributed by atoms with Crippen LogP contribution in [0.5, 0.6) is 0 Å². The van der Waals surface area contributed by atoms with Gasteiger partial charge in [0.1, 0.15) is 12.1 Å². The molecule has 7 heteroatoms. The first kappa shape index (κ1) is 19.8. The van der Waals surface area contributed by atoms with Crippen LogP contribution < -0.4 is 10.6 Å². The van der Waals surface area contributed by atoms with Crippen molar-refractivity contribution < 1.29 is 14.4 Å². The summed E-state index contributed by atoms with van der Waals surface area (Å²) in [4.78, 5) is 40.9. The number of nitrogens with zero attached hydrogens (tertiary/aromatic N) is 1. The molecule has 2 aliphatic rings. The lowest BCUT2D eigenvalue weighted by Crippen LogP contribution is -2.47. The van der Waals surface area contributed by atoms with Crippen LogP contribution in [0.2, 0.25) is 0 Å². The second-order valence-electron chi connectivity index (χ2n) is 8.20. The summed E-state index contributed by atoms with van der Waals surface area (Å²) in [5.41, 5.74) is 0.857. The molecule has 158 valence electrons. The molecular weight excluding hydrogens is 410 g/mol. The van der Waals surface area contributed by atoms with Crippen molar-refractivity contribution in [2.24, 2.45) is 0 Å². The zero-order valence-electron chi connectivity index (χ0n) is 17.2. The van der Waals surface area contributed by atoms with Crippen LogP contribution in [0.15, 0.2) is 53.9 Å². The number of hydrogen-bond donors (Lipinski definition) is 2. The highest BCUT2D eigenvalue weighted by atomic mass is 32.1. The third kappa shape index (κ3) is 3.20. The fraction of sp³-hybridized carbons (Fsp3) is 0.292. The van der Waals surface area contributed by atoms with E-state index in [9.17, 15) is 14.4 Å². The Morgan fingerprint density at radius 2 is 2.00 bits per heavy atom. The van der Waals surface area contributed by atoms with Gasteiger partial charge in [-0.2, -0.15) is 0 Å². The Morgan fingerprint density at radius 1 is 1.19 bits per heavy atom. The molecule has 1 spiro atoms. The van der Waals surface area contributed by atoms with Gasteiger partial charge in [0.05, 0.1) is 6.04 Å². The summed E-state index contributed by atoms with van der Waals surface area (Å²) in [6.07, 6.45) is 2.31. The van der Waals surface area contributed by atoms with Gasteiger partial charge in [-0.3, -0.25) is 14.5 Å². The number of rotatable bonds is 4. The maximum Gasteiger partial charge on any atom is 0.325 e. The van der Waals surface area contributed by atoms with Crippen LogP contribution in [0.25, 0.3) is 10.8 Å². The van der Waals surface area contributed by atoms with Gasteiger partial charge < -0.3 is 10.6 Å². The van der Waals surface area contributed by atoms with Crippen molar-refractivity contribution in [1.29, 1.82) is 0 Å². The van der Waals surface area contributed by atoms with E-state index in [1.165, 1.54) is 0 Å². The van der Waals surface area contributed by atoms with Crippen LogP contribution in [0.3, 0.4) is 0 Å².